The van der Waals surface area contributed by atoms with Gasteiger partial charge >= 0.3 is 0 Å². The fraction of sp³-hybridized carbons (Fsp3) is 0.167. The number of rotatable bonds is 2. The van der Waals surface area contributed by atoms with Gasteiger partial charge in [-0.05, 0) is 25.5 Å². The van der Waals surface area contributed by atoms with Gasteiger partial charge in [-0.1, -0.05) is 6.07 Å². The lowest BCUT2D eigenvalue weighted by atomic mass is 10.2. The summed E-state index contributed by atoms with van der Waals surface area (Å²) in [6.45, 7) is 3.27. The molecule has 94 valence electrons. The van der Waals surface area contributed by atoms with Crippen LogP contribution < -0.4 is 11.1 Å². The average molecular weight is 250 g/mol. The largest absolute Gasteiger partial charge is 0.368 e. The molecule has 0 unspecified atom stereocenters. The first kappa shape index (κ1) is 12.2. The fourth-order valence-electron chi connectivity index (χ4n) is 1.47. The Bertz CT molecular complexity index is 599. The summed E-state index contributed by atoms with van der Waals surface area (Å²) in [6.07, 6.45) is 1.48. The predicted octanol–water partition coefficient (Wildman–Crippen LogP) is 2.70. The van der Waals surface area contributed by atoms with E-state index in [9.17, 15) is 8.78 Å². The highest BCUT2D eigenvalue weighted by atomic mass is 19.1. The van der Waals surface area contributed by atoms with Crippen molar-refractivity contribution in [3.8, 4) is 0 Å². The fourth-order valence-corrected chi connectivity index (χ4v) is 1.47. The molecular weight excluding hydrogens is 238 g/mol. The number of aromatic nitrogens is 2. The van der Waals surface area contributed by atoms with E-state index in [0.29, 0.717) is 11.1 Å². The molecule has 0 saturated heterocycles. The highest BCUT2D eigenvalue weighted by Gasteiger charge is 2.13. The Hall–Kier alpha value is -2.24. The SMILES string of the molecule is Cc1cnc(N)nc1Nc1c(F)ccc(C)c1F. The molecule has 0 aliphatic heterocycles. The van der Waals surface area contributed by atoms with E-state index in [4.69, 9.17) is 5.73 Å². The highest BCUT2D eigenvalue weighted by molar-refractivity contribution is 5.61. The van der Waals surface area contributed by atoms with Crippen molar-refractivity contribution in [1.82, 2.24) is 9.97 Å². The Labute approximate surface area is 103 Å². The van der Waals surface area contributed by atoms with E-state index in [1.54, 1.807) is 13.8 Å². The van der Waals surface area contributed by atoms with E-state index in [0.717, 1.165) is 0 Å². The second-order valence-corrected chi connectivity index (χ2v) is 3.94. The Morgan fingerprint density at radius 1 is 1.17 bits per heavy atom. The van der Waals surface area contributed by atoms with Gasteiger partial charge in [-0.15, -0.1) is 0 Å². The van der Waals surface area contributed by atoms with Crippen molar-refractivity contribution >= 4 is 17.5 Å². The minimum absolute atomic E-state index is 0.0385. The van der Waals surface area contributed by atoms with Gasteiger partial charge in [0.15, 0.2) is 5.82 Å². The van der Waals surface area contributed by atoms with Crippen LogP contribution in [0.3, 0.4) is 0 Å². The maximum absolute atomic E-state index is 13.8. The summed E-state index contributed by atoms with van der Waals surface area (Å²) in [6, 6.07) is 2.57. The standard InChI is InChI=1S/C12H12F2N4/c1-6-3-4-8(13)10(9(6)14)17-11-7(2)5-16-12(15)18-11/h3-5H,1-2H3,(H3,15,16,17,18). The lowest BCUT2D eigenvalue weighted by Crippen LogP contribution is -2.05. The minimum atomic E-state index is -0.685. The number of nitrogen functional groups attached to an aromatic ring is 1. The van der Waals surface area contributed by atoms with Gasteiger partial charge < -0.3 is 11.1 Å². The van der Waals surface area contributed by atoms with Gasteiger partial charge in [-0.25, -0.2) is 13.8 Å². The molecule has 0 amide bonds. The van der Waals surface area contributed by atoms with E-state index in [2.05, 4.69) is 15.3 Å². The number of hydrogen-bond acceptors (Lipinski definition) is 4. The summed E-state index contributed by atoms with van der Waals surface area (Å²) in [5, 5.41) is 2.61. The lowest BCUT2D eigenvalue weighted by molar-refractivity contribution is 0.584. The highest BCUT2D eigenvalue weighted by Crippen LogP contribution is 2.26. The van der Waals surface area contributed by atoms with Crippen LogP contribution in [-0.2, 0) is 0 Å². The molecule has 1 aromatic heterocycles. The number of hydrogen-bond donors (Lipinski definition) is 2. The normalized spacial score (nSPS) is 10.4. The van der Waals surface area contributed by atoms with Gasteiger partial charge in [-0.3, -0.25) is 0 Å². The third-order valence-corrected chi connectivity index (χ3v) is 2.52. The van der Waals surface area contributed by atoms with Gasteiger partial charge in [0.2, 0.25) is 5.95 Å². The van der Waals surface area contributed by atoms with Crippen molar-refractivity contribution in [3.05, 3.63) is 41.1 Å². The molecule has 0 atom stereocenters. The molecule has 0 aliphatic rings. The summed E-state index contributed by atoms with van der Waals surface area (Å²) in [4.78, 5) is 7.68. The third-order valence-electron chi connectivity index (χ3n) is 2.52. The summed E-state index contributed by atoms with van der Waals surface area (Å²) in [5.41, 5.74) is 6.19. The molecule has 0 saturated carbocycles. The second kappa shape index (κ2) is 4.56. The molecule has 0 radical (unpaired) electrons. The molecule has 0 spiro atoms. The van der Waals surface area contributed by atoms with Crippen LogP contribution in [0.5, 0.6) is 0 Å². The number of anilines is 3. The second-order valence-electron chi connectivity index (χ2n) is 3.94. The molecule has 0 aliphatic carbocycles. The number of benzene rings is 1. The minimum Gasteiger partial charge on any atom is -0.368 e. The first-order valence-electron chi connectivity index (χ1n) is 5.30. The molecule has 1 aromatic carbocycles. The van der Waals surface area contributed by atoms with Crippen molar-refractivity contribution in [2.75, 3.05) is 11.1 Å². The van der Waals surface area contributed by atoms with Crippen LogP contribution >= 0.6 is 0 Å². The molecule has 2 aromatic rings. The van der Waals surface area contributed by atoms with Crippen LogP contribution in [0.15, 0.2) is 18.3 Å². The van der Waals surface area contributed by atoms with Gasteiger partial charge in [0, 0.05) is 11.8 Å². The summed E-state index contributed by atoms with van der Waals surface area (Å²) >= 11 is 0. The van der Waals surface area contributed by atoms with E-state index in [-0.39, 0.29) is 17.5 Å². The molecule has 6 heteroatoms. The predicted molar refractivity (Wildman–Crippen MR) is 65.6 cm³/mol. The molecule has 2 rings (SSSR count). The number of aryl methyl sites for hydroxylation is 2. The van der Waals surface area contributed by atoms with Gasteiger partial charge in [0.25, 0.3) is 0 Å². The van der Waals surface area contributed by atoms with Crippen molar-refractivity contribution in [1.29, 1.82) is 0 Å². The Balaban J connectivity index is 2.46. The Morgan fingerprint density at radius 2 is 1.89 bits per heavy atom. The monoisotopic (exact) mass is 250 g/mol. The average Bonchev–Trinajstić information content (AvgIpc) is 2.34. The number of nitrogens with two attached hydrogens (primary N) is 1. The van der Waals surface area contributed by atoms with Crippen molar-refractivity contribution < 1.29 is 8.78 Å². The van der Waals surface area contributed by atoms with E-state index in [1.165, 1.54) is 18.3 Å². The molecular formula is C12H12F2N4. The Kier molecular flexibility index (Phi) is 3.10. The maximum Gasteiger partial charge on any atom is 0.221 e. The van der Waals surface area contributed by atoms with Crippen molar-refractivity contribution in [3.63, 3.8) is 0 Å². The van der Waals surface area contributed by atoms with Crippen molar-refractivity contribution in [2.45, 2.75) is 13.8 Å². The zero-order valence-corrected chi connectivity index (χ0v) is 9.96. The molecule has 3 N–H and O–H groups in total. The first-order valence-corrected chi connectivity index (χ1v) is 5.30. The van der Waals surface area contributed by atoms with E-state index < -0.39 is 11.6 Å². The summed E-state index contributed by atoms with van der Waals surface area (Å²) in [7, 11) is 0. The van der Waals surface area contributed by atoms with E-state index in [1.807, 2.05) is 0 Å². The van der Waals surface area contributed by atoms with Gasteiger partial charge in [0.05, 0.1) is 0 Å². The molecule has 0 bridgehead atoms. The molecule has 0 fully saturated rings. The molecule has 18 heavy (non-hydrogen) atoms. The zero-order valence-electron chi connectivity index (χ0n) is 9.96. The quantitative estimate of drug-likeness (QED) is 0.860. The topological polar surface area (TPSA) is 63.8 Å². The van der Waals surface area contributed by atoms with Crippen LogP contribution in [0, 0.1) is 25.5 Å². The van der Waals surface area contributed by atoms with Crippen LogP contribution in [0.2, 0.25) is 0 Å². The molecule has 4 nitrogen and oxygen atoms in total. The summed E-state index contributed by atoms with van der Waals surface area (Å²) in [5.74, 6) is -1.01. The smallest absolute Gasteiger partial charge is 0.221 e. The number of halogens is 2. The molecule has 1 heterocycles. The van der Waals surface area contributed by atoms with Crippen molar-refractivity contribution in [2.24, 2.45) is 0 Å². The van der Waals surface area contributed by atoms with Crippen LogP contribution in [0.25, 0.3) is 0 Å². The van der Waals surface area contributed by atoms with Gasteiger partial charge in [0.1, 0.15) is 17.3 Å². The van der Waals surface area contributed by atoms with Crippen LogP contribution in [0.4, 0.5) is 26.2 Å². The first-order chi connectivity index (χ1) is 8.49. The number of nitrogens with one attached hydrogen (secondary N) is 1. The summed E-state index contributed by atoms with van der Waals surface area (Å²) < 4.78 is 27.4. The Morgan fingerprint density at radius 3 is 2.61 bits per heavy atom. The van der Waals surface area contributed by atoms with Gasteiger partial charge in [-0.2, -0.15) is 4.98 Å². The van der Waals surface area contributed by atoms with E-state index >= 15 is 0 Å². The number of nitrogens with zero attached hydrogens (tertiary/aromatic N) is 2. The maximum atomic E-state index is 13.8. The van der Waals surface area contributed by atoms with Crippen LogP contribution in [0.1, 0.15) is 11.1 Å². The lowest BCUT2D eigenvalue weighted by Gasteiger charge is -2.11. The third kappa shape index (κ3) is 2.22. The zero-order chi connectivity index (χ0) is 13.3. The van der Waals surface area contributed by atoms with Crippen LogP contribution in [-0.4, -0.2) is 9.97 Å².